The normalized spacial score (nSPS) is 16.6. The number of nitrogens with one attached hydrogen (secondary N) is 2. The fourth-order valence-corrected chi connectivity index (χ4v) is 4.32. The van der Waals surface area contributed by atoms with Crippen molar-refractivity contribution in [3.63, 3.8) is 0 Å². The van der Waals surface area contributed by atoms with Crippen LogP contribution in [0.2, 0.25) is 0 Å². The van der Waals surface area contributed by atoms with E-state index in [1.807, 2.05) is 31.2 Å². The van der Waals surface area contributed by atoms with Gasteiger partial charge >= 0.3 is 0 Å². The molecule has 2 aliphatic rings. The van der Waals surface area contributed by atoms with E-state index in [0.29, 0.717) is 11.4 Å². The first kappa shape index (κ1) is 15.2. The first-order valence-corrected chi connectivity index (χ1v) is 8.91. The zero-order valence-electron chi connectivity index (χ0n) is 13.3. The number of anilines is 1. The molecular formula is C18H18N2O3S. The quantitative estimate of drug-likeness (QED) is 0.901. The van der Waals surface area contributed by atoms with Crippen LogP contribution in [0, 0.1) is 0 Å². The number of ether oxygens (including phenoxy) is 1. The highest BCUT2D eigenvalue weighted by atomic mass is 32.1. The third-order valence-electron chi connectivity index (χ3n) is 4.45. The lowest BCUT2D eigenvalue weighted by Crippen LogP contribution is -2.27. The van der Waals surface area contributed by atoms with Crippen LogP contribution in [0.15, 0.2) is 24.3 Å². The minimum atomic E-state index is -0.163. The summed E-state index contributed by atoms with van der Waals surface area (Å²) in [6.07, 6.45) is 3.37. The van der Waals surface area contributed by atoms with Gasteiger partial charge in [0.1, 0.15) is 5.75 Å². The molecule has 1 aromatic carbocycles. The van der Waals surface area contributed by atoms with Crippen LogP contribution < -0.4 is 15.4 Å². The summed E-state index contributed by atoms with van der Waals surface area (Å²) in [6.45, 7) is 1.98. The Morgan fingerprint density at radius 1 is 1.33 bits per heavy atom. The lowest BCUT2D eigenvalue weighted by atomic mass is 10.1. The number of thiophene rings is 1. The maximum absolute atomic E-state index is 12.5. The van der Waals surface area contributed by atoms with Gasteiger partial charge in [0.2, 0.25) is 0 Å². The van der Waals surface area contributed by atoms with Crippen molar-refractivity contribution >= 4 is 28.8 Å². The van der Waals surface area contributed by atoms with Crippen LogP contribution in [0.5, 0.6) is 5.75 Å². The van der Waals surface area contributed by atoms with Gasteiger partial charge in [-0.25, -0.2) is 0 Å². The van der Waals surface area contributed by atoms with Gasteiger partial charge in [0.05, 0.1) is 16.6 Å². The number of hydrogen-bond donors (Lipinski definition) is 2. The molecule has 2 aromatic rings. The Balaban J connectivity index is 1.49. The van der Waals surface area contributed by atoms with E-state index in [1.54, 1.807) is 11.3 Å². The minimum absolute atomic E-state index is 0.0418. The van der Waals surface area contributed by atoms with Crippen LogP contribution in [-0.4, -0.2) is 18.4 Å². The molecule has 2 amide bonds. The molecule has 1 atom stereocenters. The third-order valence-corrected chi connectivity index (χ3v) is 5.69. The summed E-state index contributed by atoms with van der Waals surface area (Å²) in [5.41, 5.74) is 2.91. The third kappa shape index (κ3) is 2.78. The van der Waals surface area contributed by atoms with Gasteiger partial charge in [0, 0.05) is 4.88 Å². The average molecular weight is 342 g/mol. The minimum Gasteiger partial charge on any atom is -0.482 e. The van der Waals surface area contributed by atoms with Gasteiger partial charge in [-0.2, -0.15) is 0 Å². The van der Waals surface area contributed by atoms with E-state index >= 15 is 0 Å². The maximum Gasteiger partial charge on any atom is 0.262 e. The molecule has 24 heavy (non-hydrogen) atoms. The summed E-state index contributed by atoms with van der Waals surface area (Å²) in [6, 6.07) is 7.46. The van der Waals surface area contributed by atoms with E-state index in [1.165, 1.54) is 16.9 Å². The van der Waals surface area contributed by atoms with E-state index in [2.05, 4.69) is 10.6 Å². The van der Waals surface area contributed by atoms with Gasteiger partial charge in [-0.3, -0.25) is 9.59 Å². The predicted molar refractivity (Wildman–Crippen MR) is 92.8 cm³/mol. The van der Waals surface area contributed by atoms with Crippen molar-refractivity contribution in [1.82, 2.24) is 5.32 Å². The molecule has 0 radical (unpaired) electrons. The molecule has 0 bridgehead atoms. The highest BCUT2D eigenvalue weighted by Crippen LogP contribution is 2.32. The van der Waals surface area contributed by atoms with E-state index in [9.17, 15) is 9.59 Å². The van der Waals surface area contributed by atoms with Crippen LogP contribution in [0.1, 0.15) is 45.1 Å². The molecule has 2 N–H and O–H groups in total. The average Bonchev–Trinajstić information content (AvgIpc) is 3.15. The molecule has 1 aromatic heterocycles. The lowest BCUT2D eigenvalue weighted by Gasteiger charge is -2.20. The van der Waals surface area contributed by atoms with Crippen LogP contribution in [0.3, 0.4) is 0 Å². The standard InChI is InChI=1S/C18H18N2O3S/c1-10(11-5-6-14-13(7-11)20-17(21)9-23-14)19-18(22)16-8-12-3-2-4-15(12)24-16/h5-8,10H,2-4,9H2,1H3,(H,19,22)(H,20,21)/t10-/m1/s1. The van der Waals surface area contributed by atoms with E-state index in [0.717, 1.165) is 23.3 Å². The molecule has 0 unspecified atom stereocenters. The molecule has 0 spiro atoms. The number of carbonyl (C=O) groups is 2. The van der Waals surface area contributed by atoms with Gasteiger partial charge in [0.25, 0.3) is 11.8 Å². The summed E-state index contributed by atoms with van der Waals surface area (Å²) >= 11 is 1.60. The monoisotopic (exact) mass is 342 g/mol. The van der Waals surface area contributed by atoms with Gasteiger partial charge < -0.3 is 15.4 Å². The molecule has 0 fully saturated rings. The van der Waals surface area contributed by atoms with Gasteiger partial charge in [0.15, 0.2) is 6.61 Å². The molecule has 0 saturated carbocycles. The predicted octanol–water partition coefficient (Wildman–Crippen LogP) is 3.06. The molecular weight excluding hydrogens is 324 g/mol. The highest BCUT2D eigenvalue weighted by Gasteiger charge is 2.21. The Morgan fingerprint density at radius 2 is 2.21 bits per heavy atom. The van der Waals surface area contributed by atoms with Gasteiger partial charge in [-0.15, -0.1) is 11.3 Å². The van der Waals surface area contributed by atoms with Crippen molar-refractivity contribution in [2.75, 3.05) is 11.9 Å². The smallest absolute Gasteiger partial charge is 0.262 e. The second kappa shape index (κ2) is 5.94. The Hall–Kier alpha value is -2.34. The van der Waals surface area contributed by atoms with Crippen LogP contribution in [-0.2, 0) is 17.6 Å². The van der Waals surface area contributed by atoms with Crippen molar-refractivity contribution in [3.8, 4) is 5.75 Å². The summed E-state index contributed by atoms with van der Waals surface area (Å²) < 4.78 is 5.36. The van der Waals surface area contributed by atoms with Crippen LogP contribution in [0.25, 0.3) is 0 Å². The molecule has 2 heterocycles. The highest BCUT2D eigenvalue weighted by molar-refractivity contribution is 7.14. The summed E-state index contributed by atoms with van der Waals surface area (Å²) in [7, 11) is 0. The van der Waals surface area contributed by atoms with E-state index < -0.39 is 0 Å². The number of aryl methyl sites for hydroxylation is 2. The van der Waals surface area contributed by atoms with E-state index in [4.69, 9.17) is 4.74 Å². The first-order valence-electron chi connectivity index (χ1n) is 8.09. The maximum atomic E-state index is 12.5. The largest absolute Gasteiger partial charge is 0.482 e. The molecule has 6 heteroatoms. The van der Waals surface area contributed by atoms with Crippen molar-refractivity contribution in [2.24, 2.45) is 0 Å². The fourth-order valence-electron chi connectivity index (χ4n) is 3.16. The first-order chi connectivity index (χ1) is 11.6. The molecule has 124 valence electrons. The summed E-state index contributed by atoms with van der Waals surface area (Å²) in [4.78, 5) is 26.0. The zero-order chi connectivity index (χ0) is 16.7. The Labute approximate surface area is 144 Å². The summed E-state index contributed by atoms with van der Waals surface area (Å²) in [5, 5.41) is 5.83. The topological polar surface area (TPSA) is 67.4 Å². The van der Waals surface area contributed by atoms with E-state index in [-0.39, 0.29) is 24.5 Å². The second-order valence-corrected chi connectivity index (χ2v) is 7.34. The molecule has 4 rings (SSSR count). The van der Waals surface area contributed by atoms with Crippen LogP contribution in [0.4, 0.5) is 5.69 Å². The number of rotatable bonds is 3. The molecule has 1 aliphatic heterocycles. The van der Waals surface area contributed by atoms with Crippen molar-refractivity contribution < 1.29 is 14.3 Å². The Morgan fingerprint density at radius 3 is 3.04 bits per heavy atom. The van der Waals surface area contributed by atoms with Gasteiger partial charge in [-0.1, -0.05) is 6.07 Å². The number of carbonyl (C=O) groups excluding carboxylic acids is 2. The zero-order valence-corrected chi connectivity index (χ0v) is 14.2. The number of hydrogen-bond acceptors (Lipinski definition) is 4. The SMILES string of the molecule is C[C@@H](NC(=O)c1cc2c(s1)CCC2)c1ccc2c(c1)NC(=O)CO2. The lowest BCUT2D eigenvalue weighted by molar-refractivity contribution is -0.118. The summed E-state index contributed by atoms with van der Waals surface area (Å²) in [5.74, 6) is 0.455. The Bertz CT molecular complexity index is 806. The number of benzene rings is 1. The fraction of sp³-hybridized carbons (Fsp3) is 0.333. The molecule has 0 saturated heterocycles. The number of fused-ring (bicyclic) bond motifs is 2. The number of amides is 2. The molecule has 1 aliphatic carbocycles. The van der Waals surface area contributed by atoms with Crippen molar-refractivity contribution in [2.45, 2.75) is 32.2 Å². The Kier molecular flexibility index (Phi) is 3.76. The van der Waals surface area contributed by atoms with Crippen molar-refractivity contribution in [3.05, 3.63) is 45.1 Å². The van der Waals surface area contributed by atoms with Crippen LogP contribution >= 0.6 is 11.3 Å². The second-order valence-electron chi connectivity index (χ2n) is 6.20. The van der Waals surface area contributed by atoms with Gasteiger partial charge in [-0.05, 0) is 55.5 Å². The molecule has 5 nitrogen and oxygen atoms in total. The van der Waals surface area contributed by atoms with Crippen molar-refractivity contribution in [1.29, 1.82) is 0 Å².